The van der Waals surface area contributed by atoms with Crippen LogP contribution < -0.4 is 0 Å². The van der Waals surface area contributed by atoms with E-state index in [1.54, 1.807) is 6.20 Å². The molecule has 0 fully saturated rings. The summed E-state index contributed by atoms with van der Waals surface area (Å²) < 4.78 is 2.01. The van der Waals surface area contributed by atoms with Gasteiger partial charge in [-0.1, -0.05) is 13.3 Å². The van der Waals surface area contributed by atoms with E-state index in [4.69, 9.17) is 0 Å². The number of rotatable bonds is 3. The van der Waals surface area contributed by atoms with Crippen molar-refractivity contribution in [2.24, 2.45) is 0 Å². The molecule has 68 valence electrons. The molecule has 0 bridgehead atoms. The van der Waals surface area contributed by atoms with Crippen molar-refractivity contribution in [2.45, 2.75) is 26.2 Å². The maximum absolute atomic E-state index is 4.33. The van der Waals surface area contributed by atoms with Crippen LogP contribution in [0.1, 0.15) is 25.5 Å². The second-order valence-electron chi connectivity index (χ2n) is 3.17. The molecule has 0 saturated carbocycles. The maximum atomic E-state index is 4.33. The first-order valence-electron chi connectivity index (χ1n) is 4.67. The minimum Gasteiger partial charge on any atom is -0.304 e. The van der Waals surface area contributed by atoms with Crippen LogP contribution >= 0.6 is 0 Å². The van der Waals surface area contributed by atoms with E-state index in [9.17, 15) is 0 Å². The van der Waals surface area contributed by atoms with E-state index in [0.29, 0.717) is 0 Å². The molecule has 0 saturated heterocycles. The van der Waals surface area contributed by atoms with Crippen LogP contribution in [0.4, 0.5) is 0 Å². The number of unbranched alkanes of at least 4 members (excludes halogenated alkanes) is 1. The molecule has 0 aromatic carbocycles. The highest BCUT2D eigenvalue weighted by Crippen LogP contribution is 2.04. The van der Waals surface area contributed by atoms with Crippen LogP contribution in [-0.2, 0) is 6.42 Å². The number of fused-ring (bicyclic) bond motifs is 1. The SMILES string of the molecule is CCCCc1cn2ccnc2cn1. The zero-order valence-corrected chi connectivity index (χ0v) is 7.77. The van der Waals surface area contributed by atoms with Gasteiger partial charge in [0.25, 0.3) is 0 Å². The van der Waals surface area contributed by atoms with Crippen molar-refractivity contribution in [1.29, 1.82) is 0 Å². The highest BCUT2D eigenvalue weighted by Gasteiger charge is 1.97. The zero-order chi connectivity index (χ0) is 9.10. The first-order valence-corrected chi connectivity index (χ1v) is 4.67. The summed E-state index contributed by atoms with van der Waals surface area (Å²) in [7, 11) is 0. The fourth-order valence-electron chi connectivity index (χ4n) is 1.36. The summed E-state index contributed by atoms with van der Waals surface area (Å²) in [6.45, 7) is 2.19. The number of aryl methyl sites for hydroxylation is 1. The molecule has 2 aromatic rings. The smallest absolute Gasteiger partial charge is 0.155 e. The van der Waals surface area contributed by atoms with E-state index in [1.165, 1.54) is 12.8 Å². The van der Waals surface area contributed by atoms with Gasteiger partial charge in [0, 0.05) is 18.6 Å². The van der Waals surface area contributed by atoms with Crippen molar-refractivity contribution in [1.82, 2.24) is 14.4 Å². The average Bonchev–Trinajstić information content (AvgIpc) is 2.61. The van der Waals surface area contributed by atoms with Gasteiger partial charge >= 0.3 is 0 Å². The zero-order valence-electron chi connectivity index (χ0n) is 7.77. The molecule has 13 heavy (non-hydrogen) atoms. The number of hydrogen-bond donors (Lipinski definition) is 0. The van der Waals surface area contributed by atoms with Gasteiger partial charge in [-0.15, -0.1) is 0 Å². The molecule has 0 aliphatic rings. The van der Waals surface area contributed by atoms with Crippen LogP contribution in [0.3, 0.4) is 0 Å². The van der Waals surface area contributed by atoms with Crippen LogP contribution in [0.25, 0.3) is 5.65 Å². The predicted molar refractivity (Wildman–Crippen MR) is 51.6 cm³/mol. The van der Waals surface area contributed by atoms with Gasteiger partial charge in [0.1, 0.15) is 0 Å². The van der Waals surface area contributed by atoms with Crippen molar-refractivity contribution in [3.63, 3.8) is 0 Å². The van der Waals surface area contributed by atoms with Crippen molar-refractivity contribution in [3.8, 4) is 0 Å². The van der Waals surface area contributed by atoms with Crippen molar-refractivity contribution in [2.75, 3.05) is 0 Å². The Balaban J connectivity index is 2.26. The Morgan fingerprint density at radius 2 is 2.31 bits per heavy atom. The lowest BCUT2D eigenvalue weighted by Gasteiger charge is -1.99. The lowest BCUT2D eigenvalue weighted by atomic mass is 10.2. The maximum Gasteiger partial charge on any atom is 0.155 e. The van der Waals surface area contributed by atoms with Crippen LogP contribution in [0.2, 0.25) is 0 Å². The van der Waals surface area contributed by atoms with E-state index in [0.717, 1.165) is 17.8 Å². The molecule has 3 heteroatoms. The lowest BCUT2D eigenvalue weighted by molar-refractivity contribution is 0.770. The van der Waals surface area contributed by atoms with Crippen molar-refractivity contribution in [3.05, 3.63) is 30.5 Å². The van der Waals surface area contributed by atoms with Crippen molar-refractivity contribution < 1.29 is 0 Å². The summed E-state index contributed by atoms with van der Waals surface area (Å²) in [6.07, 6.45) is 11.1. The third-order valence-corrected chi connectivity index (χ3v) is 2.12. The Morgan fingerprint density at radius 1 is 1.38 bits per heavy atom. The Bertz CT molecular complexity index is 392. The largest absolute Gasteiger partial charge is 0.304 e. The molecule has 0 aliphatic carbocycles. The number of hydrogen-bond acceptors (Lipinski definition) is 2. The number of imidazole rings is 1. The summed E-state index contributed by atoms with van der Waals surface area (Å²) >= 11 is 0. The number of aromatic nitrogens is 3. The Kier molecular flexibility index (Phi) is 2.25. The molecule has 0 unspecified atom stereocenters. The fourth-order valence-corrected chi connectivity index (χ4v) is 1.36. The normalized spacial score (nSPS) is 10.8. The second-order valence-corrected chi connectivity index (χ2v) is 3.17. The van der Waals surface area contributed by atoms with Gasteiger partial charge in [-0.25, -0.2) is 4.98 Å². The topological polar surface area (TPSA) is 30.2 Å². The van der Waals surface area contributed by atoms with Gasteiger partial charge in [-0.2, -0.15) is 0 Å². The second kappa shape index (κ2) is 3.56. The van der Waals surface area contributed by atoms with Gasteiger partial charge in [-0.3, -0.25) is 4.98 Å². The van der Waals surface area contributed by atoms with E-state index < -0.39 is 0 Å². The third-order valence-electron chi connectivity index (χ3n) is 2.12. The van der Waals surface area contributed by atoms with Crippen LogP contribution in [0.15, 0.2) is 24.8 Å². The molecular weight excluding hydrogens is 162 g/mol. The third kappa shape index (κ3) is 1.69. The van der Waals surface area contributed by atoms with E-state index in [2.05, 4.69) is 23.1 Å². The molecular formula is C10H13N3. The molecule has 2 rings (SSSR count). The van der Waals surface area contributed by atoms with Crippen LogP contribution in [-0.4, -0.2) is 14.4 Å². The molecule has 2 aromatic heterocycles. The minimum atomic E-state index is 0.917. The summed E-state index contributed by atoms with van der Waals surface area (Å²) in [5.74, 6) is 0. The summed E-state index contributed by atoms with van der Waals surface area (Å²) in [4.78, 5) is 8.47. The fraction of sp³-hybridized carbons (Fsp3) is 0.400. The highest BCUT2D eigenvalue weighted by molar-refractivity contribution is 5.34. The van der Waals surface area contributed by atoms with Gasteiger partial charge in [-0.05, 0) is 12.8 Å². The standard InChI is InChI=1S/C10H13N3/c1-2-3-4-9-8-13-6-5-11-10(13)7-12-9/h5-8H,2-4H2,1H3. The van der Waals surface area contributed by atoms with Gasteiger partial charge in [0.15, 0.2) is 5.65 Å². The van der Waals surface area contributed by atoms with E-state index >= 15 is 0 Å². The minimum absolute atomic E-state index is 0.917. The molecule has 0 amide bonds. The average molecular weight is 175 g/mol. The van der Waals surface area contributed by atoms with Crippen LogP contribution in [0.5, 0.6) is 0 Å². The summed E-state index contributed by atoms with van der Waals surface area (Å²) in [5.41, 5.74) is 2.06. The number of nitrogens with zero attached hydrogens (tertiary/aromatic N) is 3. The van der Waals surface area contributed by atoms with Crippen molar-refractivity contribution >= 4 is 5.65 Å². The molecule has 0 spiro atoms. The quantitative estimate of drug-likeness (QED) is 0.714. The summed E-state index contributed by atoms with van der Waals surface area (Å²) in [6, 6.07) is 0. The molecule has 2 heterocycles. The first-order chi connectivity index (χ1) is 6.40. The first kappa shape index (κ1) is 8.23. The van der Waals surface area contributed by atoms with Gasteiger partial charge in [0.05, 0.1) is 11.9 Å². The summed E-state index contributed by atoms with van der Waals surface area (Å²) in [5, 5.41) is 0. The monoisotopic (exact) mass is 175 g/mol. The van der Waals surface area contributed by atoms with Gasteiger partial charge in [0.2, 0.25) is 0 Å². The molecule has 0 atom stereocenters. The highest BCUT2D eigenvalue weighted by atomic mass is 15.0. The lowest BCUT2D eigenvalue weighted by Crippen LogP contribution is -1.93. The Morgan fingerprint density at radius 3 is 3.15 bits per heavy atom. The molecule has 0 aliphatic heterocycles. The predicted octanol–water partition coefficient (Wildman–Crippen LogP) is 2.07. The van der Waals surface area contributed by atoms with E-state index in [-0.39, 0.29) is 0 Å². The Hall–Kier alpha value is -1.38. The Labute approximate surface area is 77.4 Å². The molecule has 0 radical (unpaired) electrons. The van der Waals surface area contributed by atoms with E-state index in [1.807, 2.05) is 16.8 Å². The molecule has 0 N–H and O–H groups in total. The molecule has 3 nitrogen and oxygen atoms in total. The van der Waals surface area contributed by atoms with Gasteiger partial charge < -0.3 is 4.40 Å². The van der Waals surface area contributed by atoms with Crippen LogP contribution in [0, 0.1) is 0 Å².